The standard InChI is InChI=1S/C18H25Cl2N3O/c1-21-9-11-23(12-10-21)18(24)14-5-7-22(8-6-14)13-15-3-2-4-16(19)17(15)20/h2-4,14H,5-13H2,1H3. The highest BCUT2D eigenvalue weighted by atomic mass is 35.5. The van der Waals surface area contributed by atoms with E-state index in [-0.39, 0.29) is 5.92 Å². The molecule has 0 saturated carbocycles. The minimum atomic E-state index is 0.180. The third kappa shape index (κ3) is 4.23. The first-order valence-electron chi connectivity index (χ1n) is 8.67. The Morgan fingerprint density at radius 3 is 2.42 bits per heavy atom. The fourth-order valence-corrected chi connectivity index (χ4v) is 3.91. The SMILES string of the molecule is CN1CCN(C(=O)C2CCN(Cc3cccc(Cl)c3Cl)CC2)CC1. The summed E-state index contributed by atoms with van der Waals surface area (Å²) in [6, 6.07) is 5.78. The number of nitrogens with zero attached hydrogens (tertiary/aromatic N) is 3. The van der Waals surface area contributed by atoms with Gasteiger partial charge in [-0.05, 0) is 44.6 Å². The van der Waals surface area contributed by atoms with Crippen LogP contribution in [0, 0.1) is 5.92 Å². The third-order valence-corrected chi connectivity index (χ3v) is 6.04. The summed E-state index contributed by atoms with van der Waals surface area (Å²) in [5.41, 5.74) is 1.06. The zero-order valence-corrected chi connectivity index (χ0v) is 15.7. The lowest BCUT2D eigenvalue weighted by molar-refractivity contribution is -0.138. The molecule has 4 nitrogen and oxygen atoms in total. The van der Waals surface area contributed by atoms with E-state index in [0.29, 0.717) is 16.0 Å². The maximum absolute atomic E-state index is 12.7. The third-order valence-electron chi connectivity index (χ3n) is 5.18. The second-order valence-electron chi connectivity index (χ2n) is 6.89. The van der Waals surface area contributed by atoms with E-state index in [9.17, 15) is 4.79 Å². The smallest absolute Gasteiger partial charge is 0.225 e. The molecule has 0 aliphatic carbocycles. The summed E-state index contributed by atoms with van der Waals surface area (Å²) >= 11 is 12.4. The number of rotatable bonds is 3. The number of carbonyl (C=O) groups is 1. The van der Waals surface area contributed by atoms with E-state index >= 15 is 0 Å². The molecule has 2 heterocycles. The van der Waals surface area contributed by atoms with Crippen molar-refractivity contribution in [3.8, 4) is 0 Å². The van der Waals surface area contributed by atoms with E-state index in [1.165, 1.54) is 0 Å². The molecule has 0 aromatic heterocycles. The van der Waals surface area contributed by atoms with Crippen LogP contribution in [0.1, 0.15) is 18.4 Å². The summed E-state index contributed by atoms with van der Waals surface area (Å²) < 4.78 is 0. The van der Waals surface area contributed by atoms with Crippen molar-refractivity contribution >= 4 is 29.1 Å². The summed E-state index contributed by atoms with van der Waals surface area (Å²) in [6.45, 7) is 6.38. The van der Waals surface area contributed by atoms with Gasteiger partial charge in [0.15, 0.2) is 0 Å². The highest BCUT2D eigenvalue weighted by Gasteiger charge is 2.30. The van der Waals surface area contributed by atoms with Crippen molar-refractivity contribution in [1.29, 1.82) is 0 Å². The zero-order chi connectivity index (χ0) is 17.1. The monoisotopic (exact) mass is 369 g/mol. The van der Waals surface area contributed by atoms with Crippen LogP contribution < -0.4 is 0 Å². The molecule has 1 aromatic rings. The summed E-state index contributed by atoms with van der Waals surface area (Å²) in [7, 11) is 2.11. The van der Waals surface area contributed by atoms with Crippen molar-refractivity contribution in [1.82, 2.24) is 14.7 Å². The van der Waals surface area contributed by atoms with Crippen LogP contribution in [-0.2, 0) is 11.3 Å². The molecule has 2 fully saturated rings. The molecule has 2 aliphatic heterocycles. The molecule has 1 amide bonds. The lowest BCUT2D eigenvalue weighted by Crippen LogP contribution is -2.50. The molecule has 132 valence electrons. The van der Waals surface area contributed by atoms with Gasteiger partial charge in [0.05, 0.1) is 10.0 Å². The lowest BCUT2D eigenvalue weighted by atomic mass is 9.94. The van der Waals surface area contributed by atoms with Crippen molar-refractivity contribution < 1.29 is 4.79 Å². The number of carbonyl (C=O) groups excluding carboxylic acids is 1. The van der Waals surface area contributed by atoms with Gasteiger partial charge < -0.3 is 9.80 Å². The first kappa shape index (κ1) is 18.0. The van der Waals surface area contributed by atoms with Gasteiger partial charge in [-0.25, -0.2) is 0 Å². The second kappa shape index (κ2) is 8.05. The fourth-order valence-electron chi connectivity index (χ4n) is 3.53. The van der Waals surface area contributed by atoms with Crippen molar-refractivity contribution in [3.05, 3.63) is 33.8 Å². The second-order valence-corrected chi connectivity index (χ2v) is 7.68. The highest BCUT2D eigenvalue weighted by Crippen LogP contribution is 2.28. The predicted molar refractivity (Wildman–Crippen MR) is 98.5 cm³/mol. The van der Waals surface area contributed by atoms with E-state index in [4.69, 9.17) is 23.2 Å². The van der Waals surface area contributed by atoms with Crippen molar-refractivity contribution in [3.63, 3.8) is 0 Å². The van der Waals surface area contributed by atoms with Gasteiger partial charge in [0.2, 0.25) is 5.91 Å². The molecule has 1 aromatic carbocycles. The molecule has 0 atom stereocenters. The number of piperidine rings is 1. The molecule has 6 heteroatoms. The summed E-state index contributed by atoms with van der Waals surface area (Å²) in [5.74, 6) is 0.531. The Hall–Kier alpha value is -0.810. The van der Waals surface area contributed by atoms with E-state index in [1.807, 2.05) is 23.1 Å². The van der Waals surface area contributed by atoms with Crippen LogP contribution in [0.2, 0.25) is 10.0 Å². The molecule has 24 heavy (non-hydrogen) atoms. The Bertz CT molecular complexity index is 580. The average molecular weight is 370 g/mol. The van der Waals surface area contributed by atoms with Crippen LogP contribution >= 0.6 is 23.2 Å². The van der Waals surface area contributed by atoms with Crippen LogP contribution in [0.25, 0.3) is 0 Å². The molecule has 0 N–H and O–H groups in total. The van der Waals surface area contributed by atoms with E-state index < -0.39 is 0 Å². The number of benzene rings is 1. The predicted octanol–water partition coefficient (Wildman–Crippen LogP) is 2.98. The van der Waals surface area contributed by atoms with Crippen LogP contribution in [-0.4, -0.2) is 66.9 Å². The van der Waals surface area contributed by atoms with Crippen LogP contribution in [0.15, 0.2) is 18.2 Å². The number of piperazine rings is 1. The molecule has 0 bridgehead atoms. The minimum absolute atomic E-state index is 0.180. The Labute approximate surface area is 154 Å². The van der Waals surface area contributed by atoms with Crippen molar-refractivity contribution in [2.75, 3.05) is 46.3 Å². The first-order valence-corrected chi connectivity index (χ1v) is 9.43. The number of likely N-dealkylation sites (tertiary alicyclic amines) is 1. The molecular weight excluding hydrogens is 345 g/mol. The molecule has 2 aliphatic rings. The number of hydrogen-bond donors (Lipinski definition) is 0. The topological polar surface area (TPSA) is 26.8 Å². The molecule has 2 saturated heterocycles. The van der Waals surface area contributed by atoms with E-state index in [1.54, 1.807) is 0 Å². The number of hydrogen-bond acceptors (Lipinski definition) is 3. The summed E-state index contributed by atoms with van der Waals surface area (Å²) in [4.78, 5) is 19.4. The quantitative estimate of drug-likeness (QED) is 0.819. The number of halogens is 2. The zero-order valence-electron chi connectivity index (χ0n) is 14.2. The Morgan fingerprint density at radius 2 is 1.75 bits per heavy atom. The Kier molecular flexibility index (Phi) is 6.03. The van der Waals surface area contributed by atoms with Gasteiger partial charge in [-0.3, -0.25) is 9.69 Å². The average Bonchev–Trinajstić information content (AvgIpc) is 2.60. The van der Waals surface area contributed by atoms with Gasteiger partial charge in [-0.2, -0.15) is 0 Å². The van der Waals surface area contributed by atoms with Crippen LogP contribution in [0.3, 0.4) is 0 Å². The lowest BCUT2D eigenvalue weighted by Gasteiger charge is -2.37. The highest BCUT2D eigenvalue weighted by molar-refractivity contribution is 6.42. The maximum Gasteiger partial charge on any atom is 0.225 e. The molecule has 3 rings (SSSR count). The van der Waals surface area contributed by atoms with Gasteiger partial charge in [-0.1, -0.05) is 35.3 Å². The molecule has 0 unspecified atom stereocenters. The number of likely N-dealkylation sites (N-methyl/N-ethyl adjacent to an activating group) is 1. The van der Waals surface area contributed by atoms with Gasteiger partial charge in [0, 0.05) is 38.6 Å². The number of amides is 1. The molecule has 0 radical (unpaired) electrons. The first-order chi connectivity index (χ1) is 11.5. The van der Waals surface area contributed by atoms with Crippen molar-refractivity contribution in [2.45, 2.75) is 19.4 Å². The summed E-state index contributed by atoms with van der Waals surface area (Å²) in [5, 5.41) is 1.25. The Balaban J connectivity index is 1.50. The molecule has 0 spiro atoms. The molecular formula is C18H25Cl2N3O. The van der Waals surface area contributed by atoms with E-state index in [0.717, 1.165) is 64.2 Å². The van der Waals surface area contributed by atoms with Gasteiger partial charge in [-0.15, -0.1) is 0 Å². The van der Waals surface area contributed by atoms with Gasteiger partial charge >= 0.3 is 0 Å². The van der Waals surface area contributed by atoms with Crippen LogP contribution in [0.5, 0.6) is 0 Å². The fraction of sp³-hybridized carbons (Fsp3) is 0.611. The minimum Gasteiger partial charge on any atom is -0.340 e. The van der Waals surface area contributed by atoms with Gasteiger partial charge in [0.25, 0.3) is 0 Å². The normalized spacial score (nSPS) is 21.2. The summed E-state index contributed by atoms with van der Waals surface area (Å²) in [6.07, 6.45) is 1.87. The largest absolute Gasteiger partial charge is 0.340 e. The van der Waals surface area contributed by atoms with Gasteiger partial charge in [0.1, 0.15) is 0 Å². The maximum atomic E-state index is 12.7. The Morgan fingerprint density at radius 1 is 1.08 bits per heavy atom. The van der Waals surface area contributed by atoms with Crippen LogP contribution in [0.4, 0.5) is 0 Å². The van der Waals surface area contributed by atoms with Crippen molar-refractivity contribution in [2.24, 2.45) is 5.92 Å². The van der Waals surface area contributed by atoms with E-state index in [2.05, 4.69) is 16.8 Å².